The van der Waals surface area contributed by atoms with Crippen LogP contribution in [0.25, 0.3) is 0 Å². The van der Waals surface area contributed by atoms with E-state index in [4.69, 9.17) is 35.4 Å². The number of carbonyl (C=O) groups excluding carboxylic acids is 3. The molecule has 2 aromatic rings. The molecule has 1 aliphatic rings. The van der Waals surface area contributed by atoms with Gasteiger partial charge in [0.2, 0.25) is 17.7 Å². The van der Waals surface area contributed by atoms with Crippen molar-refractivity contribution in [2.45, 2.75) is 24.5 Å². The maximum Gasteiger partial charge on any atom is 0.242 e. The second kappa shape index (κ2) is 10.9. The molecular formula is C21H19Cl2N3O3S2. The van der Waals surface area contributed by atoms with E-state index in [0.29, 0.717) is 38.7 Å². The number of thiocarbonyl (C=S) groups is 1. The molecule has 3 rings (SSSR count). The second-order valence-electron chi connectivity index (χ2n) is 6.78. The van der Waals surface area contributed by atoms with Gasteiger partial charge in [0.25, 0.3) is 0 Å². The average molecular weight is 496 g/mol. The predicted molar refractivity (Wildman–Crippen MR) is 130 cm³/mol. The molecule has 2 N–H and O–H groups in total. The van der Waals surface area contributed by atoms with E-state index in [0.717, 1.165) is 0 Å². The maximum absolute atomic E-state index is 12.7. The van der Waals surface area contributed by atoms with Crippen molar-refractivity contribution in [2.75, 3.05) is 17.2 Å². The lowest BCUT2D eigenvalue weighted by atomic mass is 10.2. The zero-order valence-corrected chi connectivity index (χ0v) is 19.4. The summed E-state index contributed by atoms with van der Waals surface area (Å²) in [5, 5.41) is 6.12. The highest BCUT2D eigenvalue weighted by molar-refractivity contribution is 8.24. The van der Waals surface area contributed by atoms with Crippen LogP contribution in [0.15, 0.2) is 48.5 Å². The van der Waals surface area contributed by atoms with Crippen LogP contribution < -0.4 is 10.6 Å². The van der Waals surface area contributed by atoms with Crippen LogP contribution in [-0.2, 0) is 14.4 Å². The highest BCUT2D eigenvalue weighted by Crippen LogP contribution is 2.30. The summed E-state index contributed by atoms with van der Waals surface area (Å²) in [5.74, 6) is -0.647. The van der Waals surface area contributed by atoms with Gasteiger partial charge in [0, 0.05) is 40.8 Å². The molecule has 1 atom stereocenters. The summed E-state index contributed by atoms with van der Waals surface area (Å²) < 4.78 is 0.424. The van der Waals surface area contributed by atoms with E-state index in [2.05, 4.69) is 10.6 Å². The van der Waals surface area contributed by atoms with E-state index < -0.39 is 5.25 Å². The summed E-state index contributed by atoms with van der Waals surface area (Å²) in [7, 11) is 0. The summed E-state index contributed by atoms with van der Waals surface area (Å²) in [6, 6.07) is 13.5. The lowest BCUT2D eigenvalue weighted by Gasteiger charge is -2.15. The van der Waals surface area contributed by atoms with Crippen LogP contribution in [0.3, 0.4) is 0 Å². The highest BCUT2D eigenvalue weighted by atomic mass is 35.5. The average Bonchev–Trinajstić information content (AvgIpc) is 2.98. The molecule has 0 aromatic heterocycles. The molecule has 0 saturated carbocycles. The fraction of sp³-hybridized carbons (Fsp3) is 0.238. The summed E-state index contributed by atoms with van der Waals surface area (Å²) in [6.07, 6.45) is 0.705. The summed E-state index contributed by atoms with van der Waals surface area (Å²) in [5.41, 5.74) is 1.26. The van der Waals surface area contributed by atoms with Crippen molar-refractivity contribution in [1.29, 1.82) is 0 Å². The number of hydrogen-bond acceptors (Lipinski definition) is 5. The molecule has 1 fully saturated rings. The van der Waals surface area contributed by atoms with Gasteiger partial charge in [-0.3, -0.25) is 19.3 Å². The Hall–Kier alpha value is -2.13. The number of nitrogens with one attached hydrogen (secondary N) is 2. The number of benzene rings is 2. The summed E-state index contributed by atoms with van der Waals surface area (Å²) in [4.78, 5) is 38.5. The molecule has 1 saturated heterocycles. The molecule has 3 amide bonds. The SMILES string of the molecule is O=C(CCCN1C(=O)[C@@H](CC(=O)Nc2ccc(Cl)cc2)SC1=S)Nc1ccc(Cl)cc1. The molecule has 162 valence electrons. The Bertz CT molecular complexity index is 984. The van der Waals surface area contributed by atoms with Crippen LogP contribution in [0.2, 0.25) is 10.0 Å². The molecule has 0 radical (unpaired) electrons. The van der Waals surface area contributed by atoms with Crippen LogP contribution >= 0.6 is 47.2 Å². The first kappa shape index (κ1) is 23.5. The molecule has 6 nitrogen and oxygen atoms in total. The Kier molecular flexibility index (Phi) is 8.31. The quantitative estimate of drug-likeness (QED) is 0.505. The van der Waals surface area contributed by atoms with Crippen molar-refractivity contribution in [3.63, 3.8) is 0 Å². The normalized spacial score (nSPS) is 15.8. The van der Waals surface area contributed by atoms with Crippen molar-refractivity contribution in [3.05, 3.63) is 58.6 Å². The van der Waals surface area contributed by atoms with Crippen LogP contribution in [0.4, 0.5) is 11.4 Å². The second-order valence-corrected chi connectivity index (χ2v) is 9.49. The van der Waals surface area contributed by atoms with Crippen molar-refractivity contribution in [2.24, 2.45) is 0 Å². The maximum atomic E-state index is 12.7. The standard InChI is InChI=1S/C21H19Cl2N3O3S2/c22-13-3-7-15(8-4-13)24-18(27)2-1-11-26-20(29)17(31-21(26)30)12-19(28)25-16-9-5-14(23)6-10-16/h3-10,17H,1-2,11-12H2,(H,24,27)(H,25,28)/t17-/m1/s1. The third-order valence-corrected chi connectivity index (χ3v) is 6.51. The van der Waals surface area contributed by atoms with Gasteiger partial charge in [0.05, 0.1) is 5.25 Å². The number of thioether (sulfide) groups is 1. The molecule has 31 heavy (non-hydrogen) atoms. The molecule has 0 bridgehead atoms. The topological polar surface area (TPSA) is 78.5 Å². The molecule has 0 aliphatic carbocycles. The Morgan fingerprint density at radius 2 is 1.45 bits per heavy atom. The van der Waals surface area contributed by atoms with Crippen LogP contribution in [0.1, 0.15) is 19.3 Å². The van der Waals surface area contributed by atoms with E-state index in [1.807, 2.05) is 0 Å². The van der Waals surface area contributed by atoms with Gasteiger partial charge in [0.1, 0.15) is 4.32 Å². The number of amides is 3. The van der Waals surface area contributed by atoms with Gasteiger partial charge < -0.3 is 10.6 Å². The largest absolute Gasteiger partial charge is 0.326 e. The first-order valence-electron chi connectivity index (χ1n) is 9.44. The minimum atomic E-state index is -0.567. The molecule has 0 unspecified atom stereocenters. The number of rotatable bonds is 8. The third-order valence-electron chi connectivity index (χ3n) is 4.42. The van der Waals surface area contributed by atoms with Crippen molar-refractivity contribution < 1.29 is 14.4 Å². The Labute approximate surface area is 199 Å². The first-order valence-corrected chi connectivity index (χ1v) is 11.5. The Morgan fingerprint density at radius 3 is 2.00 bits per heavy atom. The van der Waals surface area contributed by atoms with Crippen molar-refractivity contribution in [1.82, 2.24) is 4.90 Å². The summed E-state index contributed by atoms with van der Waals surface area (Å²) in [6.45, 7) is 0.327. The summed E-state index contributed by atoms with van der Waals surface area (Å²) >= 11 is 18.2. The van der Waals surface area contributed by atoms with E-state index in [9.17, 15) is 14.4 Å². The molecule has 2 aromatic carbocycles. The molecule has 1 aliphatic heterocycles. The zero-order chi connectivity index (χ0) is 22.4. The third kappa shape index (κ3) is 6.93. The van der Waals surface area contributed by atoms with Crippen LogP contribution in [0.5, 0.6) is 0 Å². The van der Waals surface area contributed by atoms with Crippen LogP contribution in [0, 0.1) is 0 Å². The lowest BCUT2D eigenvalue weighted by Crippen LogP contribution is -2.34. The fourth-order valence-corrected chi connectivity index (χ4v) is 4.69. The molecule has 10 heteroatoms. The first-order chi connectivity index (χ1) is 14.8. The monoisotopic (exact) mass is 495 g/mol. The van der Waals surface area contributed by atoms with Crippen LogP contribution in [-0.4, -0.2) is 38.7 Å². The number of anilines is 2. The number of carbonyl (C=O) groups is 3. The highest BCUT2D eigenvalue weighted by Gasteiger charge is 2.37. The predicted octanol–water partition coefficient (Wildman–Crippen LogP) is 4.97. The van der Waals surface area contributed by atoms with E-state index in [1.165, 1.54) is 16.7 Å². The van der Waals surface area contributed by atoms with E-state index in [-0.39, 0.29) is 30.6 Å². The van der Waals surface area contributed by atoms with Crippen molar-refractivity contribution in [3.8, 4) is 0 Å². The molecule has 1 heterocycles. The van der Waals surface area contributed by atoms with E-state index in [1.54, 1.807) is 48.5 Å². The zero-order valence-electron chi connectivity index (χ0n) is 16.3. The Morgan fingerprint density at radius 1 is 0.935 bits per heavy atom. The number of nitrogens with zero attached hydrogens (tertiary/aromatic N) is 1. The lowest BCUT2D eigenvalue weighted by molar-refractivity contribution is -0.128. The van der Waals surface area contributed by atoms with Gasteiger partial charge in [-0.25, -0.2) is 0 Å². The minimum Gasteiger partial charge on any atom is -0.326 e. The van der Waals surface area contributed by atoms with Gasteiger partial charge in [-0.05, 0) is 55.0 Å². The van der Waals surface area contributed by atoms with Gasteiger partial charge >= 0.3 is 0 Å². The van der Waals surface area contributed by atoms with Gasteiger partial charge in [0.15, 0.2) is 0 Å². The van der Waals surface area contributed by atoms with Gasteiger partial charge in [-0.2, -0.15) is 0 Å². The van der Waals surface area contributed by atoms with E-state index >= 15 is 0 Å². The number of hydrogen-bond donors (Lipinski definition) is 2. The van der Waals surface area contributed by atoms with Gasteiger partial charge in [-0.1, -0.05) is 47.2 Å². The molecule has 0 spiro atoms. The minimum absolute atomic E-state index is 0.0137. The van der Waals surface area contributed by atoms with Gasteiger partial charge in [-0.15, -0.1) is 0 Å². The number of halogens is 2. The Balaban J connectivity index is 1.44. The molecular weight excluding hydrogens is 477 g/mol. The van der Waals surface area contributed by atoms with Crippen molar-refractivity contribution >= 4 is 80.6 Å². The fourth-order valence-electron chi connectivity index (χ4n) is 2.90. The smallest absolute Gasteiger partial charge is 0.242 e.